The minimum Gasteiger partial charge on any atom is -0.497 e. The number of halogens is 2. The maximum Gasteiger partial charge on any atom is 0.255 e. The highest BCUT2D eigenvalue weighted by Crippen LogP contribution is 2.25. The van der Waals surface area contributed by atoms with Crippen molar-refractivity contribution in [2.24, 2.45) is 0 Å². The number of anilines is 1. The molecule has 1 N–H and O–H groups in total. The van der Waals surface area contributed by atoms with Crippen molar-refractivity contribution in [3.05, 3.63) is 83.4 Å². The van der Waals surface area contributed by atoms with Crippen LogP contribution in [0.25, 0.3) is 0 Å². The number of carbonyl (C=O) groups excluding carboxylic acids is 1. The zero-order valence-electron chi connectivity index (χ0n) is 16.6. The maximum atomic E-state index is 13.8. The number of rotatable bonds is 8. The quantitative estimate of drug-likeness (QED) is 0.551. The van der Waals surface area contributed by atoms with E-state index in [2.05, 4.69) is 5.32 Å². The van der Waals surface area contributed by atoms with Gasteiger partial charge >= 0.3 is 0 Å². The van der Waals surface area contributed by atoms with Gasteiger partial charge in [0.1, 0.15) is 35.5 Å². The number of benzene rings is 3. The van der Waals surface area contributed by atoms with Crippen LogP contribution in [0.15, 0.2) is 60.7 Å². The van der Waals surface area contributed by atoms with E-state index in [0.717, 1.165) is 6.07 Å². The van der Waals surface area contributed by atoms with E-state index in [1.165, 1.54) is 6.07 Å². The monoisotopic (exact) mass is 413 g/mol. The summed E-state index contributed by atoms with van der Waals surface area (Å²) in [5.74, 6) is -0.275. The number of amides is 1. The molecule has 0 spiro atoms. The van der Waals surface area contributed by atoms with Gasteiger partial charge in [-0.2, -0.15) is 0 Å². The minimum absolute atomic E-state index is 0.107. The lowest BCUT2D eigenvalue weighted by atomic mass is 10.1. The second-order valence-corrected chi connectivity index (χ2v) is 6.30. The third kappa shape index (κ3) is 5.26. The van der Waals surface area contributed by atoms with Crippen LogP contribution in [-0.4, -0.2) is 19.6 Å². The SMILES string of the molecule is CCOc1ccc(C(=O)Nc2ccc(F)cc2F)cc1COc1cccc(OC)c1. The van der Waals surface area contributed by atoms with Crippen LogP contribution in [0.1, 0.15) is 22.8 Å². The number of carbonyl (C=O) groups is 1. The molecule has 0 aliphatic rings. The van der Waals surface area contributed by atoms with Gasteiger partial charge in [-0.15, -0.1) is 0 Å². The summed E-state index contributed by atoms with van der Waals surface area (Å²) in [4.78, 5) is 12.6. The minimum atomic E-state index is -0.851. The highest BCUT2D eigenvalue weighted by Gasteiger charge is 2.14. The topological polar surface area (TPSA) is 56.8 Å². The summed E-state index contributed by atoms with van der Waals surface area (Å²) in [7, 11) is 1.57. The number of hydrogen-bond donors (Lipinski definition) is 1. The van der Waals surface area contributed by atoms with Crippen molar-refractivity contribution in [3.8, 4) is 17.2 Å². The van der Waals surface area contributed by atoms with Gasteiger partial charge in [-0.1, -0.05) is 6.07 Å². The molecule has 0 unspecified atom stereocenters. The van der Waals surface area contributed by atoms with Gasteiger partial charge in [0, 0.05) is 23.3 Å². The van der Waals surface area contributed by atoms with Gasteiger partial charge in [0.05, 0.1) is 19.4 Å². The summed E-state index contributed by atoms with van der Waals surface area (Å²) in [6.45, 7) is 2.44. The standard InChI is InChI=1S/C23H21F2NO4/c1-3-29-22-10-7-15(23(27)26-21-9-8-17(24)12-20(21)25)11-16(22)14-30-19-6-4-5-18(13-19)28-2/h4-13H,3,14H2,1-2H3,(H,26,27). The van der Waals surface area contributed by atoms with Crippen molar-refractivity contribution >= 4 is 11.6 Å². The van der Waals surface area contributed by atoms with E-state index in [-0.39, 0.29) is 17.9 Å². The smallest absolute Gasteiger partial charge is 0.255 e. The molecule has 0 fully saturated rings. The molecule has 156 valence electrons. The molecule has 7 heteroatoms. The van der Waals surface area contributed by atoms with E-state index in [9.17, 15) is 13.6 Å². The molecular formula is C23H21F2NO4. The zero-order chi connectivity index (χ0) is 21.5. The second-order valence-electron chi connectivity index (χ2n) is 6.30. The summed E-state index contributed by atoms with van der Waals surface area (Å²) in [5.41, 5.74) is 0.822. The Morgan fingerprint density at radius 1 is 0.967 bits per heavy atom. The Kier molecular flexibility index (Phi) is 6.85. The maximum absolute atomic E-state index is 13.8. The molecule has 3 rings (SSSR count). The molecule has 3 aromatic rings. The molecule has 0 radical (unpaired) electrons. The number of hydrogen-bond acceptors (Lipinski definition) is 4. The van der Waals surface area contributed by atoms with Gasteiger partial charge in [0.15, 0.2) is 0 Å². The normalized spacial score (nSPS) is 10.4. The predicted molar refractivity (Wildman–Crippen MR) is 109 cm³/mol. The Morgan fingerprint density at radius 2 is 1.77 bits per heavy atom. The third-order valence-electron chi connectivity index (χ3n) is 4.24. The molecular weight excluding hydrogens is 392 g/mol. The number of methoxy groups -OCH3 is 1. The average Bonchev–Trinajstić information content (AvgIpc) is 2.75. The van der Waals surface area contributed by atoms with Crippen molar-refractivity contribution in [2.75, 3.05) is 19.0 Å². The van der Waals surface area contributed by atoms with Crippen LogP contribution in [0, 0.1) is 11.6 Å². The Hall–Kier alpha value is -3.61. The first-order chi connectivity index (χ1) is 14.5. The summed E-state index contributed by atoms with van der Waals surface area (Å²) in [6.07, 6.45) is 0. The molecule has 0 aliphatic carbocycles. The Balaban J connectivity index is 1.79. The molecule has 0 saturated heterocycles. The van der Waals surface area contributed by atoms with Crippen LogP contribution in [-0.2, 0) is 6.61 Å². The highest BCUT2D eigenvalue weighted by molar-refractivity contribution is 6.04. The van der Waals surface area contributed by atoms with Crippen molar-refractivity contribution in [1.82, 2.24) is 0 Å². The van der Waals surface area contributed by atoms with Crippen LogP contribution in [0.4, 0.5) is 14.5 Å². The molecule has 0 saturated carbocycles. The Labute approximate surface area is 173 Å². The Morgan fingerprint density at radius 3 is 2.50 bits per heavy atom. The molecule has 3 aromatic carbocycles. The lowest BCUT2D eigenvalue weighted by Gasteiger charge is -2.14. The van der Waals surface area contributed by atoms with Crippen LogP contribution in [0.3, 0.4) is 0 Å². The molecule has 0 atom stereocenters. The molecule has 0 aliphatic heterocycles. The first-order valence-corrected chi connectivity index (χ1v) is 9.29. The van der Waals surface area contributed by atoms with E-state index in [1.807, 2.05) is 6.92 Å². The predicted octanol–water partition coefficient (Wildman–Crippen LogP) is 5.20. The molecule has 0 heterocycles. The number of ether oxygens (including phenoxy) is 3. The molecule has 0 aromatic heterocycles. The summed E-state index contributed by atoms with van der Waals surface area (Å²) < 4.78 is 43.5. The van der Waals surface area contributed by atoms with Crippen molar-refractivity contribution in [3.63, 3.8) is 0 Å². The van der Waals surface area contributed by atoms with E-state index in [1.54, 1.807) is 49.6 Å². The first-order valence-electron chi connectivity index (χ1n) is 9.29. The Bertz CT molecular complexity index is 1040. The van der Waals surface area contributed by atoms with Crippen LogP contribution < -0.4 is 19.5 Å². The van der Waals surface area contributed by atoms with Crippen molar-refractivity contribution < 1.29 is 27.8 Å². The van der Waals surface area contributed by atoms with Crippen molar-refractivity contribution in [1.29, 1.82) is 0 Å². The molecule has 0 bridgehead atoms. The van der Waals surface area contributed by atoms with Crippen molar-refractivity contribution in [2.45, 2.75) is 13.5 Å². The highest BCUT2D eigenvalue weighted by atomic mass is 19.1. The zero-order valence-corrected chi connectivity index (χ0v) is 16.6. The summed E-state index contributed by atoms with van der Waals surface area (Å²) >= 11 is 0. The van der Waals surface area contributed by atoms with Crippen LogP contribution in [0.2, 0.25) is 0 Å². The van der Waals surface area contributed by atoms with Gasteiger partial charge < -0.3 is 19.5 Å². The van der Waals surface area contributed by atoms with E-state index in [0.29, 0.717) is 35.5 Å². The lowest BCUT2D eigenvalue weighted by molar-refractivity contribution is 0.102. The fourth-order valence-electron chi connectivity index (χ4n) is 2.77. The van der Waals surface area contributed by atoms with Gasteiger partial charge in [0.2, 0.25) is 0 Å². The van der Waals surface area contributed by atoms with Crippen LogP contribution >= 0.6 is 0 Å². The summed E-state index contributed by atoms with van der Waals surface area (Å²) in [6, 6.07) is 14.9. The molecule has 5 nitrogen and oxygen atoms in total. The largest absolute Gasteiger partial charge is 0.497 e. The molecule has 1 amide bonds. The summed E-state index contributed by atoms with van der Waals surface area (Å²) in [5, 5.41) is 2.44. The van der Waals surface area contributed by atoms with Crippen LogP contribution in [0.5, 0.6) is 17.2 Å². The fourth-order valence-corrected chi connectivity index (χ4v) is 2.77. The van der Waals surface area contributed by atoms with E-state index >= 15 is 0 Å². The van der Waals surface area contributed by atoms with E-state index < -0.39 is 17.5 Å². The average molecular weight is 413 g/mol. The lowest BCUT2D eigenvalue weighted by Crippen LogP contribution is -2.14. The second kappa shape index (κ2) is 9.73. The van der Waals surface area contributed by atoms with Gasteiger partial charge in [-0.05, 0) is 49.4 Å². The van der Waals surface area contributed by atoms with Gasteiger partial charge in [0.25, 0.3) is 5.91 Å². The van der Waals surface area contributed by atoms with Gasteiger partial charge in [-0.3, -0.25) is 4.79 Å². The first kappa shape index (κ1) is 21.1. The van der Waals surface area contributed by atoms with E-state index in [4.69, 9.17) is 14.2 Å². The number of nitrogens with one attached hydrogen (secondary N) is 1. The third-order valence-corrected chi connectivity index (χ3v) is 4.24. The fraction of sp³-hybridized carbons (Fsp3) is 0.174. The molecule has 30 heavy (non-hydrogen) atoms. The van der Waals surface area contributed by atoms with Gasteiger partial charge in [-0.25, -0.2) is 8.78 Å².